The van der Waals surface area contributed by atoms with Crippen molar-refractivity contribution < 1.29 is 0 Å². The van der Waals surface area contributed by atoms with Crippen LogP contribution in [0.5, 0.6) is 0 Å². The van der Waals surface area contributed by atoms with E-state index in [4.69, 9.17) is 11.6 Å². The summed E-state index contributed by atoms with van der Waals surface area (Å²) in [5.41, 5.74) is 3.87. The largest absolute Gasteiger partial charge is 0.368 e. The van der Waals surface area contributed by atoms with E-state index in [-0.39, 0.29) is 0 Å². The molecule has 2 nitrogen and oxygen atoms in total. The van der Waals surface area contributed by atoms with Crippen molar-refractivity contribution in [1.29, 1.82) is 0 Å². The van der Waals surface area contributed by atoms with Crippen molar-refractivity contribution in [2.75, 3.05) is 31.6 Å². The Morgan fingerprint density at radius 2 is 2.11 bits per heavy atom. The molecule has 3 heteroatoms. The van der Waals surface area contributed by atoms with Crippen LogP contribution < -0.4 is 4.90 Å². The highest BCUT2D eigenvalue weighted by molar-refractivity contribution is 6.17. The molecule has 0 spiro atoms. The van der Waals surface area contributed by atoms with Crippen LogP contribution in [-0.4, -0.2) is 37.6 Å². The minimum absolute atomic E-state index is 0.597. The van der Waals surface area contributed by atoms with Crippen LogP contribution in [0.2, 0.25) is 0 Å². The highest BCUT2D eigenvalue weighted by atomic mass is 35.5. The van der Waals surface area contributed by atoms with Crippen molar-refractivity contribution in [3.05, 3.63) is 29.3 Å². The maximum absolute atomic E-state index is 6.09. The van der Waals surface area contributed by atoms with Crippen LogP contribution in [0, 0.1) is 6.92 Å². The highest BCUT2D eigenvalue weighted by Crippen LogP contribution is 2.26. The van der Waals surface area contributed by atoms with Crippen LogP contribution >= 0.6 is 11.6 Å². The van der Waals surface area contributed by atoms with Crippen molar-refractivity contribution in [2.24, 2.45) is 0 Å². The normalized spacial score (nSPS) is 21.3. The first-order valence-electron chi connectivity index (χ1n) is 6.76. The number of benzene rings is 1. The lowest BCUT2D eigenvalue weighted by Gasteiger charge is -2.41. The van der Waals surface area contributed by atoms with E-state index < -0.39 is 0 Å². The molecule has 18 heavy (non-hydrogen) atoms. The van der Waals surface area contributed by atoms with E-state index in [1.807, 2.05) is 0 Å². The van der Waals surface area contributed by atoms with Crippen molar-refractivity contribution in [2.45, 2.75) is 32.2 Å². The van der Waals surface area contributed by atoms with Crippen LogP contribution in [0.4, 0.5) is 5.69 Å². The zero-order chi connectivity index (χ0) is 13.1. The van der Waals surface area contributed by atoms with Crippen LogP contribution in [0.3, 0.4) is 0 Å². The third kappa shape index (κ3) is 2.81. The summed E-state index contributed by atoms with van der Waals surface area (Å²) in [7, 11) is 2.23. The molecule has 0 radical (unpaired) electrons. The van der Waals surface area contributed by atoms with Crippen LogP contribution in [0.15, 0.2) is 18.2 Å². The number of rotatable bonds is 3. The number of hydrogen-bond acceptors (Lipinski definition) is 2. The molecule has 1 fully saturated rings. The second-order valence-corrected chi connectivity index (χ2v) is 5.52. The second-order valence-electron chi connectivity index (χ2n) is 5.25. The molecule has 1 heterocycles. The number of halogens is 1. The van der Waals surface area contributed by atoms with Gasteiger partial charge >= 0.3 is 0 Å². The molecule has 2 rings (SSSR count). The third-order valence-corrected chi connectivity index (χ3v) is 4.26. The second kappa shape index (κ2) is 5.94. The predicted octanol–water partition coefficient (Wildman–Crippen LogP) is 3.26. The van der Waals surface area contributed by atoms with Crippen molar-refractivity contribution in [3.63, 3.8) is 0 Å². The van der Waals surface area contributed by atoms with E-state index in [1.54, 1.807) is 0 Å². The van der Waals surface area contributed by atoms with E-state index in [0.29, 0.717) is 11.9 Å². The zero-order valence-electron chi connectivity index (χ0n) is 11.6. The van der Waals surface area contributed by atoms with Gasteiger partial charge in [0, 0.05) is 37.2 Å². The number of nitrogens with zero attached hydrogens (tertiary/aromatic N) is 2. The van der Waals surface area contributed by atoms with Gasteiger partial charge in [0.2, 0.25) is 0 Å². The zero-order valence-corrected chi connectivity index (χ0v) is 12.4. The molecular weight excluding hydrogens is 244 g/mol. The first-order chi connectivity index (χ1) is 8.65. The Bertz CT molecular complexity index is 405. The first kappa shape index (κ1) is 13.7. The molecule has 1 aliphatic heterocycles. The van der Waals surface area contributed by atoms with E-state index >= 15 is 0 Å². The lowest BCUT2D eigenvalue weighted by atomic mass is 10.1. The van der Waals surface area contributed by atoms with Crippen molar-refractivity contribution >= 4 is 17.3 Å². The molecule has 1 aliphatic rings. The smallest absolute Gasteiger partial charge is 0.0494 e. The standard InChI is InChI=1S/C15H23ClN2/c1-4-14-11-18(8-7-17(14)3)15-6-5-12(2)9-13(15)10-16/h5-6,9,14H,4,7-8,10-11H2,1-3H3. The summed E-state index contributed by atoms with van der Waals surface area (Å²) in [5, 5.41) is 0. The number of hydrogen-bond donors (Lipinski definition) is 0. The summed E-state index contributed by atoms with van der Waals surface area (Å²) in [6.07, 6.45) is 1.20. The molecule has 1 aromatic rings. The fourth-order valence-corrected chi connectivity index (χ4v) is 2.95. The van der Waals surface area contributed by atoms with Gasteiger partial charge in [-0.1, -0.05) is 24.6 Å². The number of piperazine rings is 1. The van der Waals surface area contributed by atoms with Gasteiger partial charge in [-0.3, -0.25) is 4.90 Å². The monoisotopic (exact) mass is 266 g/mol. The summed E-state index contributed by atoms with van der Waals surface area (Å²) >= 11 is 6.09. The van der Waals surface area contributed by atoms with Gasteiger partial charge in [0.25, 0.3) is 0 Å². The van der Waals surface area contributed by atoms with E-state index in [9.17, 15) is 0 Å². The summed E-state index contributed by atoms with van der Waals surface area (Å²) in [5.74, 6) is 0.597. The fourth-order valence-electron chi connectivity index (χ4n) is 2.74. The van der Waals surface area contributed by atoms with Crippen molar-refractivity contribution in [3.8, 4) is 0 Å². The molecule has 0 amide bonds. The Balaban J connectivity index is 2.21. The molecule has 1 aromatic carbocycles. The molecule has 100 valence electrons. The Kier molecular flexibility index (Phi) is 4.52. The maximum atomic E-state index is 6.09. The molecular formula is C15H23ClN2. The van der Waals surface area contributed by atoms with Gasteiger partial charge in [0.15, 0.2) is 0 Å². The minimum Gasteiger partial charge on any atom is -0.368 e. The number of likely N-dealkylation sites (N-methyl/N-ethyl adjacent to an activating group) is 1. The average molecular weight is 267 g/mol. The van der Waals surface area contributed by atoms with Gasteiger partial charge in [-0.25, -0.2) is 0 Å². The molecule has 1 atom stereocenters. The lowest BCUT2D eigenvalue weighted by molar-refractivity contribution is 0.213. The van der Waals surface area contributed by atoms with Gasteiger partial charge in [-0.15, -0.1) is 11.6 Å². The van der Waals surface area contributed by atoms with E-state index in [1.165, 1.54) is 23.2 Å². The van der Waals surface area contributed by atoms with Crippen LogP contribution in [0.25, 0.3) is 0 Å². The summed E-state index contributed by atoms with van der Waals surface area (Å²) in [6.45, 7) is 7.73. The molecule has 0 saturated carbocycles. The van der Waals surface area contributed by atoms with Crippen molar-refractivity contribution in [1.82, 2.24) is 4.90 Å². The van der Waals surface area contributed by atoms with Gasteiger partial charge in [0.1, 0.15) is 0 Å². The Hall–Kier alpha value is -0.730. The Labute approximate surface area is 116 Å². The van der Waals surface area contributed by atoms with E-state index in [0.717, 1.165) is 19.6 Å². The summed E-state index contributed by atoms with van der Waals surface area (Å²) < 4.78 is 0. The fraction of sp³-hybridized carbons (Fsp3) is 0.600. The molecule has 0 aliphatic carbocycles. The molecule has 0 bridgehead atoms. The van der Waals surface area contributed by atoms with Gasteiger partial charge in [-0.05, 0) is 32.0 Å². The van der Waals surface area contributed by atoms with Gasteiger partial charge in [0.05, 0.1) is 0 Å². The molecule has 1 unspecified atom stereocenters. The lowest BCUT2D eigenvalue weighted by Crippen LogP contribution is -2.51. The molecule has 1 saturated heterocycles. The number of alkyl halides is 1. The first-order valence-corrected chi connectivity index (χ1v) is 7.29. The topological polar surface area (TPSA) is 6.48 Å². The summed E-state index contributed by atoms with van der Waals surface area (Å²) in [4.78, 5) is 4.95. The Morgan fingerprint density at radius 3 is 2.78 bits per heavy atom. The van der Waals surface area contributed by atoms with E-state index in [2.05, 4.69) is 48.9 Å². The Morgan fingerprint density at radius 1 is 1.33 bits per heavy atom. The van der Waals surface area contributed by atoms with Gasteiger partial charge < -0.3 is 4.90 Å². The minimum atomic E-state index is 0.597. The average Bonchev–Trinajstić information content (AvgIpc) is 2.39. The van der Waals surface area contributed by atoms with Crippen LogP contribution in [0.1, 0.15) is 24.5 Å². The third-order valence-electron chi connectivity index (χ3n) is 3.97. The molecule has 0 N–H and O–H groups in total. The number of aryl methyl sites for hydroxylation is 1. The highest BCUT2D eigenvalue weighted by Gasteiger charge is 2.24. The quantitative estimate of drug-likeness (QED) is 0.775. The van der Waals surface area contributed by atoms with Crippen LogP contribution in [-0.2, 0) is 5.88 Å². The number of anilines is 1. The maximum Gasteiger partial charge on any atom is 0.0494 e. The predicted molar refractivity (Wildman–Crippen MR) is 79.7 cm³/mol. The SMILES string of the molecule is CCC1CN(c2ccc(C)cc2CCl)CCN1C. The summed E-state index contributed by atoms with van der Waals surface area (Å²) in [6, 6.07) is 7.28. The van der Waals surface area contributed by atoms with Gasteiger partial charge in [-0.2, -0.15) is 0 Å². The molecule has 0 aromatic heterocycles.